The van der Waals surface area contributed by atoms with Gasteiger partial charge < -0.3 is 10.1 Å². The summed E-state index contributed by atoms with van der Waals surface area (Å²) in [5.74, 6) is 0.258. The maximum atomic E-state index is 13.2. The van der Waals surface area contributed by atoms with Crippen LogP contribution in [0.4, 0.5) is 0 Å². The lowest BCUT2D eigenvalue weighted by molar-refractivity contribution is -0.122. The van der Waals surface area contributed by atoms with E-state index < -0.39 is 10.0 Å². The molecule has 1 atom stereocenters. The minimum Gasteiger partial charge on any atom is -0.497 e. The lowest BCUT2D eigenvalue weighted by Crippen LogP contribution is -2.43. The van der Waals surface area contributed by atoms with Crippen LogP contribution in [-0.2, 0) is 21.4 Å². The van der Waals surface area contributed by atoms with Crippen molar-refractivity contribution in [2.75, 3.05) is 13.7 Å². The normalized spacial score (nSPS) is 12.6. The van der Waals surface area contributed by atoms with Gasteiger partial charge in [-0.05, 0) is 43.2 Å². The fourth-order valence-corrected chi connectivity index (χ4v) is 4.28. The van der Waals surface area contributed by atoms with Gasteiger partial charge in [-0.1, -0.05) is 43.7 Å². The van der Waals surface area contributed by atoms with Crippen LogP contribution in [0.5, 0.6) is 5.75 Å². The second-order valence-electron chi connectivity index (χ2n) is 6.69. The van der Waals surface area contributed by atoms with E-state index in [9.17, 15) is 13.2 Å². The molecule has 2 aromatic carbocycles. The summed E-state index contributed by atoms with van der Waals surface area (Å²) in [6.07, 6.45) is 1.79. The molecule has 28 heavy (non-hydrogen) atoms. The van der Waals surface area contributed by atoms with Crippen molar-refractivity contribution < 1.29 is 17.9 Å². The van der Waals surface area contributed by atoms with Gasteiger partial charge in [0.15, 0.2) is 0 Å². The molecule has 0 bridgehead atoms. The molecule has 0 radical (unpaired) electrons. The fourth-order valence-electron chi connectivity index (χ4n) is 2.90. The summed E-state index contributed by atoms with van der Waals surface area (Å²) in [7, 11) is -2.33. The second-order valence-corrected chi connectivity index (χ2v) is 8.63. The van der Waals surface area contributed by atoms with E-state index in [0.717, 1.165) is 18.4 Å². The van der Waals surface area contributed by atoms with Gasteiger partial charge in [-0.15, -0.1) is 0 Å². The van der Waals surface area contributed by atoms with E-state index in [1.807, 2.05) is 44.2 Å². The quantitative estimate of drug-likeness (QED) is 0.660. The molecule has 0 saturated carbocycles. The van der Waals surface area contributed by atoms with Crippen LogP contribution >= 0.6 is 0 Å². The van der Waals surface area contributed by atoms with Crippen molar-refractivity contribution in [3.8, 4) is 5.75 Å². The summed E-state index contributed by atoms with van der Waals surface area (Å²) in [6.45, 7) is 3.83. The van der Waals surface area contributed by atoms with Gasteiger partial charge in [0, 0.05) is 12.6 Å². The maximum absolute atomic E-state index is 13.2. The van der Waals surface area contributed by atoms with Gasteiger partial charge in [0.05, 0.1) is 18.6 Å². The molecular formula is C21H28N2O4S. The highest BCUT2D eigenvalue weighted by molar-refractivity contribution is 7.89. The van der Waals surface area contributed by atoms with E-state index in [-0.39, 0.29) is 29.9 Å². The molecule has 1 N–H and O–H groups in total. The summed E-state index contributed by atoms with van der Waals surface area (Å²) in [4.78, 5) is 12.6. The molecule has 7 heteroatoms. The average Bonchev–Trinajstić information content (AvgIpc) is 2.68. The summed E-state index contributed by atoms with van der Waals surface area (Å²) in [5, 5.41) is 2.87. The van der Waals surface area contributed by atoms with E-state index in [0.29, 0.717) is 5.75 Å². The molecule has 0 fully saturated rings. The number of nitrogens with one attached hydrogen (secondary N) is 1. The number of amides is 1. The maximum Gasteiger partial charge on any atom is 0.243 e. The van der Waals surface area contributed by atoms with Crippen LogP contribution in [-0.4, -0.2) is 38.3 Å². The Bertz CT molecular complexity index is 852. The van der Waals surface area contributed by atoms with Crippen molar-refractivity contribution in [2.45, 2.75) is 44.2 Å². The Morgan fingerprint density at radius 3 is 2.32 bits per heavy atom. The molecule has 0 aliphatic heterocycles. The Morgan fingerprint density at radius 2 is 1.75 bits per heavy atom. The molecule has 0 unspecified atom stereocenters. The first-order valence-electron chi connectivity index (χ1n) is 9.34. The average molecular weight is 405 g/mol. The van der Waals surface area contributed by atoms with E-state index in [1.165, 1.54) is 23.5 Å². The fraction of sp³-hybridized carbons (Fsp3) is 0.381. The molecule has 1 amide bonds. The number of sulfonamides is 1. The summed E-state index contributed by atoms with van der Waals surface area (Å²) in [5.41, 5.74) is 0.814. The Kier molecular flexibility index (Phi) is 8.02. The molecule has 0 aliphatic carbocycles. The number of carbonyl (C=O) groups is 1. The number of hydrogen-bond acceptors (Lipinski definition) is 4. The number of benzene rings is 2. The number of carbonyl (C=O) groups excluding carboxylic acids is 1. The topological polar surface area (TPSA) is 75.7 Å². The van der Waals surface area contributed by atoms with E-state index in [4.69, 9.17) is 4.74 Å². The molecule has 0 saturated heterocycles. The minimum absolute atomic E-state index is 0.000217. The first kappa shape index (κ1) is 21.9. The van der Waals surface area contributed by atoms with Crippen LogP contribution in [0.2, 0.25) is 0 Å². The predicted molar refractivity (Wildman–Crippen MR) is 110 cm³/mol. The van der Waals surface area contributed by atoms with Gasteiger partial charge in [-0.3, -0.25) is 4.79 Å². The van der Waals surface area contributed by atoms with Crippen LogP contribution in [0, 0.1) is 0 Å². The van der Waals surface area contributed by atoms with Crippen molar-refractivity contribution in [1.82, 2.24) is 9.62 Å². The third-order valence-corrected chi connectivity index (χ3v) is 6.15. The van der Waals surface area contributed by atoms with Gasteiger partial charge in [0.2, 0.25) is 15.9 Å². The number of hydrogen-bond donors (Lipinski definition) is 1. The molecule has 0 heterocycles. The second kappa shape index (κ2) is 10.2. The molecule has 2 aromatic rings. The Labute approximate surface area is 167 Å². The first-order chi connectivity index (χ1) is 13.4. The molecule has 6 nitrogen and oxygen atoms in total. The molecule has 0 spiro atoms. The zero-order valence-corrected chi connectivity index (χ0v) is 17.4. The van der Waals surface area contributed by atoms with Crippen molar-refractivity contribution in [3.05, 3.63) is 60.2 Å². The van der Waals surface area contributed by atoms with Gasteiger partial charge in [-0.25, -0.2) is 8.42 Å². The van der Waals surface area contributed by atoms with Crippen molar-refractivity contribution >= 4 is 15.9 Å². The van der Waals surface area contributed by atoms with Crippen molar-refractivity contribution in [1.29, 1.82) is 0 Å². The number of ether oxygens (including phenoxy) is 1. The van der Waals surface area contributed by atoms with E-state index in [2.05, 4.69) is 5.32 Å². The van der Waals surface area contributed by atoms with Crippen LogP contribution < -0.4 is 10.1 Å². The summed E-state index contributed by atoms with van der Waals surface area (Å²) < 4.78 is 32.7. The molecule has 0 aromatic heterocycles. The zero-order chi connectivity index (χ0) is 20.6. The van der Waals surface area contributed by atoms with Crippen LogP contribution in [0.3, 0.4) is 0 Å². The monoisotopic (exact) mass is 404 g/mol. The van der Waals surface area contributed by atoms with E-state index in [1.54, 1.807) is 12.1 Å². The van der Waals surface area contributed by atoms with Crippen molar-refractivity contribution in [2.24, 2.45) is 0 Å². The molecule has 0 aliphatic rings. The predicted octanol–water partition coefficient (Wildman–Crippen LogP) is 3.19. The highest BCUT2D eigenvalue weighted by Crippen LogP contribution is 2.21. The highest BCUT2D eigenvalue weighted by Gasteiger charge is 2.27. The van der Waals surface area contributed by atoms with Gasteiger partial charge in [0.1, 0.15) is 5.75 Å². The standard InChI is InChI=1S/C21H28N2O4S/c1-4-8-17(2)22-21(24)16-23(15-18-9-6-5-7-10-18)28(25,26)20-13-11-19(27-3)12-14-20/h5-7,9-14,17H,4,8,15-16H2,1-3H3,(H,22,24)/t17-/m1/s1. The van der Waals surface area contributed by atoms with Crippen molar-refractivity contribution in [3.63, 3.8) is 0 Å². The van der Waals surface area contributed by atoms with Gasteiger partial charge in [-0.2, -0.15) is 4.31 Å². The Balaban J connectivity index is 2.26. The third kappa shape index (κ3) is 6.07. The zero-order valence-electron chi connectivity index (χ0n) is 16.6. The largest absolute Gasteiger partial charge is 0.497 e. The van der Waals surface area contributed by atoms with Gasteiger partial charge in [0.25, 0.3) is 0 Å². The molecule has 2 rings (SSSR count). The number of nitrogens with zero attached hydrogens (tertiary/aromatic N) is 1. The summed E-state index contributed by atoms with van der Waals surface area (Å²) in [6, 6.07) is 15.4. The first-order valence-corrected chi connectivity index (χ1v) is 10.8. The summed E-state index contributed by atoms with van der Waals surface area (Å²) >= 11 is 0. The van der Waals surface area contributed by atoms with E-state index >= 15 is 0 Å². The molecular weight excluding hydrogens is 376 g/mol. The number of rotatable bonds is 10. The lowest BCUT2D eigenvalue weighted by Gasteiger charge is -2.23. The Hall–Kier alpha value is -2.38. The highest BCUT2D eigenvalue weighted by atomic mass is 32.2. The number of methoxy groups -OCH3 is 1. The minimum atomic E-state index is -3.85. The Morgan fingerprint density at radius 1 is 1.11 bits per heavy atom. The van der Waals surface area contributed by atoms with Crippen LogP contribution in [0.1, 0.15) is 32.3 Å². The smallest absolute Gasteiger partial charge is 0.243 e. The molecule has 152 valence electrons. The van der Waals surface area contributed by atoms with Gasteiger partial charge >= 0.3 is 0 Å². The third-order valence-electron chi connectivity index (χ3n) is 4.35. The lowest BCUT2D eigenvalue weighted by atomic mass is 10.2. The SMILES string of the molecule is CCC[C@@H](C)NC(=O)CN(Cc1ccccc1)S(=O)(=O)c1ccc(OC)cc1. The van der Waals surface area contributed by atoms with Crippen LogP contribution in [0.15, 0.2) is 59.5 Å². The van der Waals surface area contributed by atoms with Crippen LogP contribution in [0.25, 0.3) is 0 Å².